The second kappa shape index (κ2) is 13.4. The van der Waals surface area contributed by atoms with Crippen molar-refractivity contribution < 1.29 is 23.8 Å². The van der Waals surface area contributed by atoms with E-state index in [2.05, 4.69) is 10.6 Å². The van der Waals surface area contributed by atoms with Crippen LogP contribution in [0.25, 0.3) is 0 Å². The SMILES string of the molecule is CCOC(=O)N(c1ccc(CN2N=C(c3ccc(OC)c(OC4CCCC4)c3)CSC2=O)cc1)C1CNCCN1. The van der Waals surface area contributed by atoms with Gasteiger partial charge in [-0.2, -0.15) is 5.10 Å². The molecule has 1 saturated carbocycles. The predicted molar refractivity (Wildman–Crippen MR) is 156 cm³/mol. The number of benzene rings is 2. The topological polar surface area (TPSA) is 105 Å². The molecule has 1 unspecified atom stereocenters. The number of hydrogen-bond donors (Lipinski definition) is 2. The van der Waals surface area contributed by atoms with Crippen LogP contribution in [0.2, 0.25) is 0 Å². The number of anilines is 1. The van der Waals surface area contributed by atoms with Gasteiger partial charge in [0.05, 0.1) is 32.1 Å². The number of nitrogens with one attached hydrogen (secondary N) is 2. The molecule has 10 nitrogen and oxygen atoms in total. The Hall–Kier alpha value is -3.28. The Morgan fingerprint density at radius 3 is 2.62 bits per heavy atom. The maximum absolute atomic E-state index is 12.8. The fraction of sp³-hybridized carbons (Fsp3) is 0.483. The van der Waals surface area contributed by atoms with Gasteiger partial charge < -0.3 is 19.5 Å². The summed E-state index contributed by atoms with van der Waals surface area (Å²) < 4.78 is 17.1. The Labute approximate surface area is 239 Å². The van der Waals surface area contributed by atoms with Crippen LogP contribution in [0.1, 0.15) is 43.7 Å². The fourth-order valence-electron chi connectivity index (χ4n) is 5.16. The number of carbonyl (C=O) groups is 2. The van der Waals surface area contributed by atoms with E-state index in [-0.39, 0.29) is 17.5 Å². The molecule has 2 aromatic carbocycles. The van der Waals surface area contributed by atoms with Gasteiger partial charge in [-0.1, -0.05) is 23.9 Å². The number of hydrogen-bond acceptors (Lipinski definition) is 9. The van der Waals surface area contributed by atoms with Crippen LogP contribution in [-0.4, -0.2) is 73.4 Å². The van der Waals surface area contributed by atoms with Crippen LogP contribution in [0, 0.1) is 0 Å². The summed E-state index contributed by atoms with van der Waals surface area (Å²) in [5.74, 6) is 1.90. The minimum Gasteiger partial charge on any atom is -0.493 e. The minimum atomic E-state index is -0.399. The van der Waals surface area contributed by atoms with Crippen LogP contribution in [0.15, 0.2) is 47.6 Å². The molecule has 2 amide bonds. The lowest BCUT2D eigenvalue weighted by Gasteiger charge is -2.34. The van der Waals surface area contributed by atoms with E-state index in [1.807, 2.05) is 42.5 Å². The van der Waals surface area contributed by atoms with Crippen LogP contribution in [0.3, 0.4) is 0 Å². The molecule has 0 radical (unpaired) electrons. The Morgan fingerprint density at radius 1 is 1.12 bits per heavy atom. The van der Waals surface area contributed by atoms with Crippen molar-refractivity contribution in [2.75, 3.05) is 44.0 Å². The molecule has 11 heteroatoms. The number of carbonyl (C=O) groups excluding carboxylic acids is 2. The van der Waals surface area contributed by atoms with Gasteiger partial charge in [0.1, 0.15) is 6.17 Å². The summed E-state index contributed by atoms with van der Waals surface area (Å²) in [5.41, 5.74) is 3.35. The number of piperazine rings is 1. The summed E-state index contributed by atoms with van der Waals surface area (Å²) in [5, 5.41) is 12.8. The monoisotopic (exact) mass is 567 g/mol. The number of thioether (sulfide) groups is 1. The number of hydrazone groups is 1. The van der Waals surface area contributed by atoms with Gasteiger partial charge in [-0.05, 0) is 68.5 Å². The molecule has 40 heavy (non-hydrogen) atoms. The van der Waals surface area contributed by atoms with Gasteiger partial charge in [0, 0.05) is 36.6 Å². The lowest BCUT2D eigenvalue weighted by Crippen LogP contribution is -2.59. The first-order valence-corrected chi connectivity index (χ1v) is 14.9. The third-order valence-electron chi connectivity index (χ3n) is 7.22. The molecule has 2 N–H and O–H groups in total. The first kappa shape index (κ1) is 28.3. The van der Waals surface area contributed by atoms with Crippen LogP contribution in [0.5, 0.6) is 11.5 Å². The smallest absolute Gasteiger partial charge is 0.415 e. The Kier molecular flexibility index (Phi) is 9.45. The van der Waals surface area contributed by atoms with Crippen molar-refractivity contribution in [1.82, 2.24) is 15.6 Å². The molecule has 0 aromatic heterocycles. The van der Waals surface area contributed by atoms with Gasteiger partial charge in [0.25, 0.3) is 0 Å². The number of nitrogens with zero attached hydrogens (tertiary/aromatic N) is 3. The van der Waals surface area contributed by atoms with E-state index in [1.54, 1.807) is 18.9 Å². The highest BCUT2D eigenvalue weighted by atomic mass is 32.2. The van der Waals surface area contributed by atoms with Crippen LogP contribution in [-0.2, 0) is 11.3 Å². The quantitative estimate of drug-likeness (QED) is 0.454. The molecular formula is C29H37N5O5S. The van der Waals surface area contributed by atoms with Gasteiger partial charge in [0.15, 0.2) is 11.5 Å². The summed E-state index contributed by atoms with van der Waals surface area (Å²) in [6.07, 6.45) is 4.07. The molecule has 2 fully saturated rings. The molecule has 1 aliphatic carbocycles. The zero-order chi connectivity index (χ0) is 27.9. The molecule has 1 atom stereocenters. The molecule has 0 bridgehead atoms. The average molecular weight is 568 g/mol. The summed E-state index contributed by atoms with van der Waals surface area (Å²) in [6, 6.07) is 13.4. The zero-order valence-electron chi connectivity index (χ0n) is 23.1. The first-order valence-electron chi connectivity index (χ1n) is 13.9. The van der Waals surface area contributed by atoms with Crippen molar-refractivity contribution in [1.29, 1.82) is 0 Å². The molecule has 1 saturated heterocycles. The van der Waals surface area contributed by atoms with Crippen molar-refractivity contribution in [3.8, 4) is 11.5 Å². The second-order valence-corrected chi connectivity index (χ2v) is 10.9. The second-order valence-electron chi connectivity index (χ2n) is 9.96. The molecule has 214 valence electrons. The summed E-state index contributed by atoms with van der Waals surface area (Å²) >= 11 is 1.23. The van der Waals surface area contributed by atoms with Crippen molar-refractivity contribution in [2.24, 2.45) is 5.10 Å². The summed E-state index contributed by atoms with van der Waals surface area (Å²) in [6.45, 7) is 4.64. The minimum absolute atomic E-state index is 0.102. The van der Waals surface area contributed by atoms with E-state index in [0.29, 0.717) is 36.9 Å². The summed E-state index contributed by atoms with van der Waals surface area (Å²) in [7, 11) is 1.64. The Bertz CT molecular complexity index is 1210. The largest absolute Gasteiger partial charge is 0.493 e. The number of rotatable bonds is 9. The average Bonchev–Trinajstić information content (AvgIpc) is 3.49. The molecule has 2 aromatic rings. The first-order chi connectivity index (χ1) is 19.6. The Morgan fingerprint density at radius 2 is 1.93 bits per heavy atom. The van der Waals surface area contributed by atoms with Gasteiger partial charge in [0.2, 0.25) is 0 Å². The highest BCUT2D eigenvalue weighted by Gasteiger charge is 2.28. The number of ether oxygens (including phenoxy) is 3. The van der Waals surface area contributed by atoms with E-state index >= 15 is 0 Å². The molecule has 3 aliphatic rings. The third kappa shape index (κ3) is 6.71. The van der Waals surface area contributed by atoms with E-state index in [9.17, 15) is 9.59 Å². The van der Waals surface area contributed by atoms with E-state index < -0.39 is 6.09 Å². The highest BCUT2D eigenvalue weighted by molar-refractivity contribution is 8.14. The van der Waals surface area contributed by atoms with Crippen LogP contribution >= 0.6 is 11.8 Å². The zero-order valence-corrected chi connectivity index (χ0v) is 23.9. The normalized spacial score (nSPS) is 19.8. The van der Waals surface area contributed by atoms with Crippen molar-refractivity contribution in [3.05, 3.63) is 53.6 Å². The van der Waals surface area contributed by atoms with E-state index in [1.165, 1.54) is 29.6 Å². The van der Waals surface area contributed by atoms with Gasteiger partial charge in [-0.15, -0.1) is 0 Å². The van der Waals surface area contributed by atoms with E-state index in [4.69, 9.17) is 19.3 Å². The van der Waals surface area contributed by atoms with Crippen molar-refractivity contribution in [2.45, 2.75) is 51.4 Å². The summed E-state index contributed by atoms with van der Waals surface area (Å²) in [4.78, 5) is 27.2. The third-order valence-corrected chi connectivity index (χ3v) is 8.10. The number of methoxy groups -OCH3 is 1. The lowest BCUT2D eigenvalue weighted by atomic mass is 10.1. The predicted octanol–water partition coefficient (Wildman–Crippen LogP) is 4.57. The van der Waals surface area contributed by atoms with Gasteiger partial charge in [-0.25, -0.2) is 9.80 Å². The van der Waals surface area contributed by atoms with E-state index in [0.717, 1.165) is 48.5 Å². The molecule has 2 aliphatic heterocycles. The molecular weight excluding hydrogens is 530 g/mol. The maximum Gasteiger partial charge on any atom is 0.415 e. The van der Waals surface area contributed by atoms with Gasteiger partial charge >= 0.3 is 11.3 Å². The molecule has 5 rings (SSSR count). The maximum atomic E-state index is 12.8. The standard InChI is InChI=1S/C29H37N5O5S/c1-3-38-28(35)34(27-17-30-14-15-31-27)22-11-8-20(9-12-22)18-33-29(36)40-19-24(32-33)21-10-13-25(37-2)26(16-21)39-23-6-4-5-7-23/h8-13,16,23,27,30-31H,3-7,14-15,17-19H2,1-2H3. The van der Waals surface area contributed by atoms with Gasteiger partial charge in [-0.3, -0.25) is 15.0 Å². The fourth-order valence-corrected chi connectivity index (χ4v) is 5.90. The molecule has 0 spiro atoms. The van der Waals surface area contributed by atoms with Crippen LogP contribution < -0.4 is 25.0 Å². The Balaban J connectivity index is 1.32. The highest BCUT2D eigenvalue weighted by Crippen LogP contribution is 2.34. The van der Waals surface area contributed by atoms with Crippen molar-refractivity contribution in [3.63, 3.8) is 0 Å². The van der Waals surface area contributed by atoms with Crippen LogP contribution in [0.4, 0.5) is 15.3 Å². The number of amides is 2. The van der Waals surface area contributed by atoms with Crippen molar-refractivity contribution >= 4 is 34.5 Å². The lowest BCUT2D eigenvalue weighted by molar-refractivity contribution is 0.154. The molecule has 2 heterocycles.